The van der Waals surface area contributed by atoms with Crippen molar-refractivity contribution in [3.63, 3.8) is 0 Å². The monoisotopic (exact) mass is 728 g/mol. The normalized spacial score (nSPS) is 11.5. The van der Waals surface area contributed by atoms with Crippen molar-refractivity contribution < 1.29 is 4.42 Å². The molecule has 2 aromatic heterocycles. The third-order valence-electron chi connectivity index (χ3n) is 11.2. The second kappa shape index (κ2) is 13.6. The van der Waals surface area contributed by atoms with Crippen molar-refractivity contribution >= 4 is 60.8 Å². The van der Waals surface area contributed by atoms with Crippen molar-refractivity contribution in [1.29, 1.82) is 0 Å². The van der Waals surface area contributed by atoms with Crippen LogP contribution < -0.4 is 4.90 Å². The highest BCUT2D eigenvalue weighted by Gasteiger charge is 2.22. The maximum absolute atomic E-state index is 6.69. The van der Waals surface area contributed by atoms with Gasteiger partial charge in [0.2, 0.25) is 0 Å². The van der Waals surface area contributed by atoms with E-state index in [0.29, 0.717) is 0 Å². The van der Waals surface area contributed by atoms with Crippen LogP contribution in [0.2, 0.25) is 0 Å². The van der Waals surface area contributed by atoms with Gasteiger partial charge in [0, 0.05) is 38.5 Å². The summed E-state index contributed by atoms with van der Waals surface area (Å²) in [6.07, 6.45) is 0. The van der Waals surface area contributed by atoms with Crippen LogP contribution in [0.15, 0.2) is 223 Å². The molecule has 0 fully saturated rings. The summed E-state index contributed by atoms with van der Waals surface area (Å²) < 4.78 is 9.10. The van der Waals surface area contributed by atoms with Crippen LogP contribution in [0.4, 0.5) is 17.1 Å². The molecule has 11 rings (SSSR count). The minimum absolute atomic E-state index is 0.855. The van der Waals surface area contributed by atoms with Gasteiger partial charge >= 0.3 is 0 Å². The van der Waals surface area contributed by atoms with Crippen LogP contribution in [0.1, 0.15) is 0 Å². The number of hydrogen-bond acceptors (Lipinski definition) is 2. The molecule has 0 bridgehead atoms. The summed E-state index contributed by atoms with van der Waals surface area (Å²) in [6.45, 7) is 0. The average molecular weight is 729 g/mol. The van der Waals surface area contributed by atoms with E-state index in [1.165, 1.54) is 38.5 Å². The first kappa shape index (κ1) is 32.8. The van der Waals surface area contributed by atoms with Crippen molar-refractivity contribution in [3.05, 3.63) is 218 Å². The van der Waals surface area contributed by atoms with Crippen LogP contribution in [0.25, 0.3) is 82.8 Å². The number of furan rings is 1. The van der Waals surface area contributed by atoms with Gasteiger partial charge < -0.3 is 13.9 Å². The fraction of sp³-hybridized carbons (Fsp3) is 0. The zero-order valence-corrected chi connectivity index (χ0v) is 31.1. The predicted octanol–water partition coefficient (Wildman–Crippen LogP) is 15.2. The largest absolute Gasteiger partial charge is 0.454 e. The molecule has 0 aliphatic rings. The molecule has 0 saturated carbocycles. The molecule has 0 aliphatic carbocycles. The van der Waals surface area contributed by atoms with E-state index in [-0.39, 0.29) is 0 Å². The molecular formula is C54H36N2O. The minimum Gasteiger partial charge on any atom is -0.454 e. The van der Waals surface area contributed by atoms with Crippen LogP contribution in [-0.4, -0.2) is 4.57 Å². The lowest BCUT2D eigenvalue weighted by molar-refractivity contribution is 0.669. The quantitative estimate of drug-likeness (QED) is 0.163. The standard InChI is InChI=1S/C54H36N2O/c1-3-16-37(17-4-1)42-35-34-41(36-48(42)38-18-5-2-6-19-38)55(52-28-15-24-47-46-23-10-14-29-53(46)57-54(47)52)40-32-30-39(31-33-40)43-20-7-11-25-49(43)56-50-26-12-8-21-44(50)45-22-9-13-27-51(45)56/h1-36H. The van der Waals surface area contributed by atoms with Crippen molar-refractivity contribution in [3.8, 4) is 39.1 Å². The Kier molecular flexibility index (Phi) is 7.82. The lowest BCUT2D eigenvalue weighted by Crippen LogP contribution is -2.10. The maximum atomic E-state index is 6.69. The number of nitrogens with zero attached hydrogens (tertiary/aromatic N) is 2. The molecule has 3 heteroatoms. The summed E-state index contributed by atoms with van der Waals surface area (Å²) in [7, 11) is 0. The zero-order valence-electron chi connectivity index (χ0n) is 31.1. The summed E-state index contributed by atoms with van der Waals surface area (Å²) in [6, 6.07) is 78.0. The predicted molar refractivity (Wildman–Crippen MR) is 239 cm³/mol. The van der Waals surface area contributed by atoms with Crippen LogP contribution in [0.3, 0.4) is 0 Å². The fourth-order valence-electron chi connectivity index (χ4n) is 8.62. The van der Waals surface area contributed by atoms with Gasteiger partial charge in [-0.05, 0) is 82.4 Å². The van der Waals surface area contributed by atoms with E-state index in [2.05, 4.69) is 222 Å². The first-order valence-corrected chi connectivity index (χ1v) is 19.4. The Morgan fingerprint density at radius 2 is 0.895 bits per heavy atom. The second-order valence-electron chi connectivity index (χ2n) is 14.5. The van der Waals surface area contributed by atoms with Gasteiger partial charge in [0.05, 0.1) is 22.4 Å². The lowest BCUT2D eigenvalue weighted by Gasteiger charge is -2.27. The topological polar surface area (TPSA) is 21.3 Å². The number of fused-ring (bicyclic) bond motifs is 6. The lowest BCUT2D eigenvalue weighted by atomic mass is 9.93. The fourth-order valence-corrected chi connectivity index (χ4v) is 8.62. The smallest absolute Gasteiger partial charge is 0.159 e. The van der Waals surface area contributed by atoms with Gasteiger partial charge in [-0.1, -0.05) is 164 Å². The summed E-state index contributed by atoms with van der Waals surface area (Å²) in [5.41, 5.74) is 15.3. The highest BCUT2D eigenvalue weighted by Crippen LogP contribution is 2.45. The van der Waals surface area contributed by atoms with Gasteiger partial charge in [0.25, 0.3) is 0 Å². The van der Waals surface area contributed by atoms with Gasteiger partial charge in [-0.2, -0.15) is 0 Å². The van der Waals surface area contributed by atoms with Crippen LogP contribution >= 0.6 is 0 Å². The first-order chi connectivity index (χ1) is 28.3. The van der Waals surface area contributed by atoms with Crippen molar-refractivity contribution in [2.45, 2.75) is 0 Å². The molecule has 0 spiro atoms. The van der Waals surface area contributed by atoms with Gasteiger partial charge in [0.15, 0.2) is 5.58 Å². The van der Waals surface area contributed by atoms with Crippen molar-refractivity contribution in [2.24, 2.45) is 0 Å². The molecule has 0 aliphatic heterocycles. The molecule has 11 aromatic rings. The molecule has 0 atom stereocenters. The third-order valence-corrected chi connectivity index (χ3v) is 11.2. The Hall–Kier alpha value is -7.62. The highest BCUT2D eigenvalue weighted by atomic mass is 16.3. The van der Waals surface area contributed by atoms with E-state index in [0.717, 1.165) is 61.4 Å². The molecule has 3 nitrogen and oxygen atoms in total. The molecule has 0 amide bonds. The van der Waals surface area contributed by atoms with E-state index >= 15 is 0 Å². The number of anilines is 3. The van der Waals surface area contributed by atoms with Crippen LogP contribution in [0.5, 0.6) is 0 Å². The molecule has 0 radical (unpaired) electrons. The number of rotatable bonds is 7. The van der Waals surface area contributed by atoms with Gasteiger partial charge in [-0.15, -0.1) is 0 Å². The van der Waals surface area contributed by atoms with Gasteiger partial charge in [0.1, 0.15) is 5.58 Å². The summed E-state index contributed by atoms with van der Waals surface area (Å²) in [4.78, 5) is 2.34. The van der Waals surface area contributed by atoms with Crippen molar-refractivity contribution in [2.75, 3.05) is 4.90 Å². The SMILES string of the molecule is c1ccc(-c2ccc(N(c3ccc(-c4ccccc4-n4c5ccccc5c5ccccc54)cc3)c3cccc4c3oc3ccccc34)cc2-c2ccccc2)cc1. The second-order valence-corrected chi connectivity index (χ2v) is 14.5. The highest BCUT2D eigenvalue weighted by molar-refractivity contribution is 6.11. The summed E-state index contributed by atoms with van der Waals surface area (Å²) in [5, 5.41) is 4.70. The Balaban J connectivity index is 1.10. The maximum Gasteiger partial charge on any atom is 0.159 e. The Morgan fingerprint density at radius 1 is 0.351 bits per heavy atom. The number of aromatic nitrogens is 1. The summed E-state index contributed by atoms with van der Waals surface area (Å²) in [5.74, 6) is 0. The third kappa shape index (κ3) is 5.51. The zero-order chi connectivity index (χ0) is 37.7. The number of para-hydroxylation sites is 5. The average Bonchev–Trinajstić information content (AvgIpc) is 3.84. The molecule has 57 heavy (non-hydrogen) atoms. The van der Waals surface area contributed by atoms with E-state index in [9.17, 15) is 0 Å². The van der Waals surface area contributed by atoms with Crippen LogP contribution in [-0.2, 0) is 0 Å². The molecule has 268 valence electrons. The minimum atomic E-state index is 0.855. The molecule has 9 aromatic carbocycles. The Labute approximate surface area is 330 Å². The molecule has 0 N–H and O–H groups in total. The van der Waals surface area contributed by atoms with Crippen LogP contribution in [0, 0.1) is 0 Å². The summed E-state index contributed by atoms with van der Waals surface area (Å²) >= 11 is 0. The molecule has 2 heterocycles. The van der Waals surface area contributed by atoms with Crippen molar-refractivity contribution in [1.82, 2.24) is 4.57 Å². The first-order valence-electron chi connectivity index (χ1n) is 19.4. The molecule has 0 saturated heterocycles. The van der Waals surface area contributed by atoms with Gasteiger partial charge in [-0.3, -0.25) is 0 Å². The van der Waals surface area contributed by atoms with E-state index in [1.54, 1.807) is 0 Å². The van der Waals surface area contributed by atoms with E-state index in [4.69, 9.17) is 4.42 Å². The number of benzene rings is 9. The number of hydrogen-bond donors (Lipinski definition) is 0. The van der Waals surface area contributed by atoms with Gasteiger partial charge in [-0.25, -0.2) is 0 Å². The Bertz CT molecular complexity index is 3180. The van der Waals surface area contributed by atoms with E-state index in [1.807, 2.05) is 6.07 Å². The molecule has 0 unspecified atom stereocenters. The Morgan fingerprint density at radius 3 is 1.61 bits per heavy atom. The molecular weight excluding hydrogens is 693 g/mol. The van der Waals surface area contributed by atoms with E-state index < -0.39 is 0 Å².